The number of nitrogens with zero attached hydrogens (tertiary/aromatic N) is 5. The second kappa shape index (κ2) is 21.7. The Morgan fingerprint density at radius 3 is 2.22 bits per heavy atom. The first-order chi connectivity index (χ1) is 34.5. The van der Waals surface area contributed by atoms with E-state index in [2.05, 4.69) is 41.6 Å². The van der Waals surface area contributed by atoms with Crippen LogP contribution in [0.2, 0.25) is 0 Å². The predicted octanol–water partition coefficient (Wildman–Crippen LogP) is 4.27. The molecule has 1 aromatic heterocycles. The number of benzene rings is 4. The molecule has 1 unspecified atom stereocenters. The quantitative estimate of drug-likeness (QED) is 0.0934. The van der Waals surface area contributed by atoms with Crippen LogP contribution in [0, 0.1) is 6.92 Å². The summed E-state index contributed by atoms with van der Waals surface area (Å²) in [5.74, 6) is -3.31. The molecule has 18 nitrogen and oxygen atoms in total. The molecule has 8 rings (SSSR count). The maximum atomic E-state index is 13.5. The number of rotatable bonds is 16. The molecule has 0 spiro atoms. The van der Waals surface area contributed by atoms with Gasteiger partial charge in [-0.25, -0.2) is 4.98 Å². The first-order valence-corrected chi connectivity index (χ1v) is 24.0. The molecule has 374 valence electrons. The SMILES string of the molecule is Cc1c(NC(=O)c2ccc(C(C)(C)C)cc2)cccc1-c1cn(C)c(=O)c(Cc2ccc(C(=O)N3CCN(CCOCCNC(=O)COc4cccc5c4C(=O)N(C4CCC(=O)NC4=O)C5=O)CC3)cc2)n1. The van der Waals surface area contributed by atoms with Crippen molar-refractivity contribution in [3.05, 3.63) is 146 Å². The van der Waals surface area contributed by atoms with Crippen LogP contribution in [0.5, 0.6) is 5.75 Å². The molecule has 0 aliphatic carbocycles. The van der Waals surface area contributed by atoms with Gasteiger partial charge in [0.25, 0.3) is 35.1 Å². The lowest BCUT2D eigenvalue weighted by Crippen LogP contribution is -2.54. The second-order valence-electron chi connectivity index (χ2n) is 19.1. The smallest absolute Gasteiger partial charge is 0.272 e. The summed E-state index contributed by atoms with van der Waals surface area (Å²) in [6, 6.07) is 23.8. The molecule has 18 heteroatoms. The Bertz CT molecular complexity index is 2990. The lowest BCUT2D eigenvalue weighted by atomic mass is 9.86. The van der Waals surface area contributed by atoms with Crippen molar-refractivity contribution in [3.8, 4) is 17.0 Å². The van der Waals surface area contributed by atoms with Gasteiger partial charge in [-0.2, -0.15) is 0 Å². The normalized spacial score (nSPS) is 16.1. The van der Waals surface area contributed by atoms with Crippen molar-refractivity contribution in [2.24, 2.45) is 7.05 Å². The number of piperidine rings is 1. The number of hydrogen-bond acceptors (Lipinski definition) is 12. The van der Waals surface area contributed by atoms with Crippen molar-refractivity contribution < 1.29 is 43.0 Å². The minimum absolute atomic E-state index is 0.00157. The van der Waals surface area contributed by atoms with Gasteiger partial charge in [-0.1, -0.05) is 63.2 Å². The summed E-state index contributed by atoms with van der Waals surface area (Å²) < 4.78 is 12.9. The second-order valence-corrected chi connectivity index (χ2v) is 19.1. The van der Waals surface area contributed by atoms with Gasteiger partial charge >= 0.3 is 0 Å². The summed E-state index contributed by atoms with van der Waals surface area (Å²) in [7, 11) is 1.69. The molecule has 7 amide bonds. The number of fused-ring (bicyclic) bond motifs is 1. The highest BCUT2D eigenvalue weighted by Crippen LogP contribution is 2.34. The molecule has 2 fully saturated rings. The fourth-order valence-corrected chi connectivity index (χ4v) is 8.95. The van der Waals surface area contributed by atoms with E-state index >= 15 is 0 Å². The van der Waals surface area contributed by atoms with Crippen LogP contribution in [0.1, 0.15) is 97.4 Å². The highest BCUT2D eigenvalue weighted by molar-refractivity contribution is 6.24. The monoisotopic (exact) mass is 978 g/mol. The molecule has 3 aliphatic rings. The molecular weight excluding hydrogens is 921 g/mol. The lowest BCUT2D eigenvalue weighted by molar-refractivity contribution is -0.136. The van der Waals surface area contributed by atoms with Crippen LogP contribution in [0.4, 0.5) is 5.69 Å². The number of hydrogen-bond donors (Lipinski definition) is 3. The Balaban J connectivity index is 0.753. The van der Waals surface area contributed by atoms with Crippen molar-refractivity contribution in [3.63, 3.8) is 0 Å². The fourth-order valence-electron chi connectivity index (χ4n) is 8.95. The average Bonchev–Trinajstić information content (AvgIpc) is 3.62. The zero-order valence-electron chi connectivity index (χ0n) is 41.0. The first-order valence-electron chi connectivity index (χ1n) is 24.0. The maximum Gasteiger partial charge on any atom is 0.272 e. The Hall–Kier alpha value is -7.83. The van der Waals surface area contributed by atoms with E-state index in [4.69, 9.17) is 14.5 Å². The van der Waals surface area contributed by atoms with Crippen molar-refractivity contribution in [2.75, 3.05) is 64.4 Å². The van der Waals surface area contributed by atoms with E-state index in [1.54, 1.807) is 25.4 Å². The van der Waals surface area contributed by atoms with Crippen LogP contribution >= 0.6 is 0 Å². The number of aryl methyl sites for hydroxylation is 1. The summed E-state index contributed by atoms with van der Waals surface area (Å²) in [5, 5.41) is 7.91. The third-order valence-electron chi connectivity index (χ3n) is 13.2. The molecule has 3 aliphatic heterocycles. The van der Waals surface area contributed by atoms with E-state index in [0.717, 1.165) is 27.2 Å². The van der Waals surface area contributed by atoms with Crippen molar-refractivity contribution >= 4 is 47.0 Å². The van der Waals surface area contributed by atoms with Crippen LogP contribution in [-0.4, -0.2) is 131 Å². The molecule has 0 radical (unpaired) electrons. The van der Waals surface area contributed by atoms with Crippen LogP contribution in [0.3, 0.4) is 0 Å². The fraction of sp³-hybridized carbons (Fsp3) is 0.352. The number of anilines is 1. The molecule has 4 heterocycles. The van der Waals surface area contributed by atoms with Gasteiger partial charge in [0.15, 0.2) is 6.61 Å². The number of imide groups is 2. The lowest BCUT2D eigenvalue weighted by Gasteiger charge is -2.34. The minimum atomic E-state index is -1.12. The van der Waals surface area contributed by atoms with Gasteiger partial charge in [0, 0.05) is 87.7 Å². The van der Waals surface area contributed by atoms with Gasteiger partial charge < -0.3 is 29.6 Å². The number of carbonyl (C=O) groups is 7. The molecule has 0 bridgehead atoms. The summed E-state index contributed by atoms with van der Waals surface area (Å²) >= 11 is 0. The van der Waals surface area contributed by atoms with E-state index in [-0.39, 0.29) is 72.1 Å². The molecule has 0 saturated carbocycles. The van der Waals surface area contributed by atoms with Gasteiger partial charge in [0.2, 0.25) is 11.8 Å². The van der Waals surface area contributed by atoms with Gasteiger partial charge in [0.1, 0.15) is 17.5 Å². The van der Waals surface area contributed by atoms with Crippen LogP contribution in [-0.2, 0) is 38.0 Å². The molecule has 1 atom stereocenters. The summed E-state index contributed by atoms with van der Waals surface area (Å²) in [6.45, 7) is 11.8. The highest BCUT2D eigenvalue weighted by Gasteiger charge is 2.46. The van der Waals surface area contributed by atoms with Crippen molar-refractivity contribution in [2.45, 2.75) is 58.4 Å². The number of piperazine rings is 1. The van der Waals surface area contributed by atoms with Crippen LogP contribution in [0.25, 0.3) is 11.3 Å². The van der Waals surface area contributed by atoms with E-state index in [1.165, 1.54) is 22.8 Å². The van der Waals surface area contributed by atoms with Crippen molar-refractivity contribution in [1.29, 1.82) is 0 Å². The van der Waals surface area contributed by atoms with Gasteiger partial charge in [-0.15, -0.1) is 0 Å². The molecule has 72 heavy (non-hydrogen) atoms. The van der Waals surface area contributed by atoms with E-state index in [9.17, 15) is 38.4 Å². The molecule has 4 aromatic carbocycles. The number of aromatic nitrogens is 2. The first kappa shape index (κ1) is 50.6. The third-order valence-corrected chi connectivity index (χ3v) is 13.2. The standard InChI is InChI=1S/C54H58N8O10/c1-33-38(8-6-10-40(33)57-48(65)35-16-18-37(19-17-35)54(2,3)4)42-31-59(5)52(69)41(56-42)30-34-12-14-36(15-13-34)50(67)61-25-23-60(24-26-61)27-29-71-28-22-55-46(64)32-72-44-11-7-9-39-47(44)53(70)62(51(39)68)43-20-21-45(63)58-49(43)66/h6-19,31,43H,20-30,32H2,1-5H3,(H,55,64)(H,57,65)(H,58,63,66). The van der Waals surface area contributed by atoms with E-state index < -0.39 is 42.2 Å². The van der Waals surface area contributed by atoms with Crippen molar-refractivity contribution in [1.82, 2.24) is 34.9 Å². The largest absolute Gasteiger partial charge is 0.483 e. The summed E-state index contributed by atoms with van der Waals surface area (Å²) in [6.07, 6.45) is 1.98. The Morgan fingerprint density at radius 2 is 1.51 bits per heavy atom. The minimum Gasteiger partial charge on any atom is -0.483 e. The van der Waals surface area contributed by atoms with E-state index in [1.807, 2.05) is 66.4 Å². The Kier molecular flexibility index (Phi) is 15.2. The molecule has 2 saturated heterocycles. The predicted molar refractivity (Wildman–Crippen MR) is 267 cm³/mol. The summed E-state index contributed by atoms with van der Waals surface area (Å²) in [5.41, 5.74) is 6.02. The number of ether oxygens (including phenoxy) is 2. The zero-order valence-corrected chi connectivity index (χ0v) is 41.0. The van der Waals surface area contributed by atoms with Gasteiger partial charge in [-0.3, -0.25) is 53.5 Å². The number of carbonyl (C=O) groups excluding carboxylic acids is 7. The molecule has 3 N–H and O–H groups in total. The molecular formula is C54H58N8O10. The number of nitrogens with one attached hydrogen (secondary N) is 3. The Labute approximate surface area is 416 Å². The van der Waals surface area contributed by atoms with E-state index in [0.29, 0.717) is 67.5 Å². The summed E-state index contributed by atoms with van der Waals surface area (Å²) in [4.78, 5) is 113. The maximum absolute atomic E-state index is 13.5. The highest BCUT2D eigenvalue weighted by atomic mass is 16.5. The molecule has 5 aromatic rings. The third kappa shape index (κ3) is 11.3. The van der Waals surface area contributed by atoms with Crippen LogP contribution in [0.15, 0.2) is 95.9 Å². The Morgan fingerprint density at radius 1 is 0.819 bits per heavy atom. The average molecular weight is 979 g/mol. The number of amides is 7. The van der Waals surface area contributed by atoms with Gasteiger partial charge in [0.05, 0.1) is 30.0 Å². The van der Waals surface area contributed by atoms with Gasteiger partial charge in [-0.05, 0) is 77.9 Å². The zero-order chi connectivity index (χ0) is 51.3. The topological polar surface area (TPSA) is 219 Å². The van der Waals surface area contributed by atoms with Crippen LogP contribution < -0.4 is 26.2 Å².